The molecule has 104 valence electrons. The molecule has 19 heavy (non-hydrogen) atoms. The number of Topliss-reactive ketones (excluding diaryl/α,β-unsaturated/α-hetero) is 1. The second kappa shape index (κ2) is 8.26. The monoisotopic (exact) mass is 265 g/mol. The first-order chi connectivity index (χ1) is 9.11. The van der Waals surface area contributed by atoms with Crippen molar-refractivity contribution in [1.29, 1.82) is 0 Å². The zero-order valence-corrected chi connectivity index (χ0v) is 11.0. The predicted molar refractivity (Wildman–Crippen MR) is 70.6 cm³/mol. The van der Waals surface area contributed by atoms with Crippen LogP contribution in [0.4, 0.5) is 4.79 Å². The average molecular weight is 265 g/mol. The lowest BCUT2D eigenvalue weighted by Gasteiger charge is -2.11. The van der Waals surface area contributed by atoms with Gasteiger partial charge in [-0.05, 0) is 5.56 Å². The van der Waals surface area contributed by atoms with Gasteiger partial charge in [0.25, 0.3) is 0 Å². The first kappa shape index (κ1) is 15.2. The summed E-state index contributed by atoms with van der Waals surface area (Å²) >= 11 is 0. The predicted octanol–water partition coefficient (Wildman–Crippen LogP) is 1.64. The SMILES string of the molecule is CCC(=O)C[C@H](O)CNC(=O)OCc1ccccc1. The Bertz CT molecular complexity index is 405. The molecule has 5 nitrogen and oxygen atoms in total. The number of hydrogen-bond acceptors (Lipinski definition) is 4. The van der Waals surface area contributed by atoms with Crippen molar-refractivity contribution >= 4 is 11.9 Å². The Kier molecular flexibility index (Phi) is 6.60. The van der Waals surface area contributed by atoms with Crippen molar-refractivity contribution in [3.8, 4) is 0 Å². The number of nitrogens with one attached hydrogen (secondary N) is 1. The number of carbonyl (C=O) groups is 2. The molecule has 0 heterocycles. The molecule has 0 aromatic heterocycles. The minimum atomic E-state index is -0.864. The zero-order valence-electron chi connectivity index (χ0n) is 11.0. The molecule has 2 N–H and O–H groups in total. The molecule has 0 aliphatic heterocycles. The molecule has 0 saturated carbocycles. The van der Waals surface area contributed by atoms with Crippen LogP contribution in [0.25, 0.3) is 0 Å². The van der Waals surface area contributed by atoms with Crippen LogP contribution < -0.4 is 5.32 Å². The minimum absolute atomic E-state index is 0.0133. The lowest BCUT2D eigenvalue weighted by Crippen LogP contribution is -2.33. The number of benzene rings is 1. The van der Waals surface area contributed by atoms with Crippen molar-refractivity contribution in [3.63, 3.8) is 0 Å². The van der Waals surface area contributed by atoms with E-state index in [2.05, 4.69) is 5.32 Å². The van der Waals surface area contributed by atoms with Crippen LogP contribution in [-0.4, -0.2) is 29.6 Å². The van der Waals surface area contributed by atoms with Crippen molar-refractivity contribution in [3.05, 3.63) is 35.9 Å². The zero-order chi connectivity index (χ0) is 14.1. The van der Waals surface area contributed by atoms with Crippen molar-refractivity contribution in [2.45, 2.75) is 32.5 Å². The molecule has 1 rings (SSSR count). The van der Waals surface area contributed by atoms with E-state index in [4.69, 9.17) is 4.74 Å². The average Bonchev–Trinajstić information content (AvgIpc) is 2.43. The van der Waals surface area contributed by atoms with Gasteiger partial charge in [0.15, 0.2) is 0 Å². The van der Waals surface area contributed by atoms with Crippen LogP contribution in [-0.2, 0) is 16.1 Å². The summed E-state index contributed by atoms with van der Waals surface area (Å²) in [7, 11) is 0. The van der Waals surface area contributed by atoms with E-state index in [-0.39, 0.29) is 25.4 Å². The Morgan fingerprint density at radius 2 is 2.00 bits per heavy atom. The number of carbonyl (C=O) groups excluding carboxylic acids is 2. The van der Waals surface area contributed by atoms with Gasteiger partial charge in [-0.15, -0.1) is 0 Å². The first-order valence-electron chi connectivity index (χ1n) is 6.26. The fraction of sp³-hybridized carbons (Fsp3) is 0.429. The second-order valence-electron chi connectivity index (χ2n) is 4.19. The Hall–Kier alpha value is -1.88. The van der Waals surface area contributed by atoms with Gasteiger partial charge in [-0.25, -0.2) is 4.79 Å². The molecule has 0 aliphatic carbocycles. The summed E-state index contributed by atoms with van der Waals surface area (Å²) in [5, 5.41) is 11.9. The molecule has 1 amide bonds. The fourth-order valence-corrected chi connectivity index (χ4v) is 1.45. The summed E-state index contributed by atoms with van der Waals surface area (Å²) in [6.07, 6.45) is -1.03. The molecule has 1 aromatic carbocycles. The van der Waals surface area contributed by atoms with E-state index in [9.17, 15) is 14.7 Å². The van der Waals surface area contributed by atoms with Crippen LogP contribution in [0.5, 0.6) is 0 Å². The van der Waals surface area contributed by atoms with Gasteiger partial charge in [-0.3, -0.25) is 4.79 Å². The Morgan fingerprint density at radius 1 is 1.32 bits per heavy atom. The molecule has 1 aromatic rings. The van der Waals surface area contributed by atoms with Crippen LogP contribution in [0, 0.1) is 0 Å². The van der Waals surface area contributed by atoms with Crippen molar-refractivity contribution in [2.24, 2.45) is 0 Å². The van der Waals surface area contributed by atoms with E-state index < -0.39 is 12.2 Å². The summed E-state index contributed by atoms with van der Waals surface area (Å²) in [4.78, 5) is 22.4. The molecule has 1 atom stereocenters. The number of aliphatic hydroxyl groups excluding tert-OH is 1. The summed E-state index contributed by atoms with van der Waals surface area (Å²) in [5.74, 6) is -0.0352. The number of amides is 1. The Labute approximate surface area is 112 Å². The van der Waals surface area contributed by atoms with Crippen LogP contribution in [0.1, 0.15) is 25.3 Å². The van der Waals surface area contributed by atoms with Gasteiger partial charge in [-0.2, -0.15) is 0 Å². The third-order valence-electron chi connectivity index (χ3n) is 2.55. The summed E-state index contributed by atoms with van der Waals surface area (Å²) in [5.41, 5.74) is 0.888. The number of ketones is 1. The van der Waals surface area contributed by atoms with E-state index in [0.717, 1.165) is 5.56 Å². The summed E-state index contributed by atoms with van der Waals surface area (Å²) < 4.78 is 4.96. The van der Waals surface area contributed by atoms with Crippen LogP contribution in [0.3, 0.4) is 0 Å². The van der Waals surface area contributed by atoms with Gasteiger partial charge in [0, 0.05) is 19.4 Å². The lowest BCUT2D eigenvalue weighted by molar-refractivity contribution is -0.120. The van der Waals surface area contributed by atoms with Crippen molar-refractivity contribution in [2.75, 3.05) is 6.54 Å². The molecule has 0 radical (unpaired) electrons. The van der Waals surface area contributed by atoms with Gasteiger partial charge in [0.1, 0.15) is 12.4 Å². The highest BCUT2D eigenvalue weighted by Gasteiger charge is 2.11. The first-order valence-corrected chi connectivity index (χ1v) is 6.26. The molecule has 0 bridgehead atoms. The lowest BCUT2D eigenvalue weighted by atomic mass is 10.1. The quantitative estimate of drug-likeness (QED) is 0.786. The highest BCUT2D eigenvalue weighted by molar-refractivity contribution is 5.78. The summed E-state index contributed by atoms with van der Waals surface area (Å²) in [6, 6.07) is 9.29. The largest absolute Gasteiger partial charge is 0.445 e. The third kappa shape index (κ3) is 6.57. The van der Waals surface area contributed by atoms with Crippen molar-refractivity contribution < 1.29 is 19.4 Å². The number of ether oxygens (including phenoxy) is 1. The Morgan fingerprint density at radius 3 is 2.63 bits per heavy atom. The standard InChI is InChI=1S/C14H19NO4/c1-2-12(16)8-13(17)9-15-14(18)19-10-11-6-4-3-5-7-11/h3-7,13,17H,2,8-10H2,1H3,(H,15,18)/t13-/m0/s1. The number of rotatable bonds is 7. The molecular weight excluding hydrogens is 246 g/mol. The van der Waals surface area contributed by atoms with Gasteiger partial charge < -0.3 is 15.2 Å². The molecule has 0 aliphatic rings. The topological polar surface area (TPSA) is 75.6 Å². The maximum atomic E-state index is 11.3. The van der Waals surface area contributed by atoms with Gasteiger partial charge >= 0.3 is 6.09 Å². The maximum absolute atomic E-state index is 11.3. The van der Waals surface area contributed by atoms with Crippen LogP contribution >= 0.6 is 0 Å². The van der Waals surface area contributed by atoms with Crippen LogP contribution in [0.15, 0.2) is 30.3 Å². The number of aliphatic hydroxyl groups is 1. The van der Waals surface area contributed by atoms with E-state index in [0.29, 0.717) is 6.42 Å². The second-order valence-corrected chi connectivity index (χ2v) is 4.19. The van der Waals surface area contributed by atoms with Gasteiger partial charge in [0.2, 0.25) is 0 Å². The van der Waals surface area contributed by atoms with Crippen LogP contribution in [0.2, 0.25) is 0 Å². The molecule has 0 saturated heterocycles. The highest BCUT2D eigenvalue weighted by atomic mass is 16.5. The summed E-state index contributed by atoms with van der Waals surface area (Å²) in [6.45, 7) is 1.92. The Balaban J connectivity index is 2.19. The molecule has 0 fully saturated rings. The van der Waals surface area contributed by atoms with E-state index in [1.165, 1.54) is 0 Å². The fourth-order valence-electron chi connectivity index (χ4n) is 1.45. The van der Waals surface area contributed by atoms with E-state index >= 15 is 0 Å². The van der Waals surface area contributed by atoms with Gasteiger partial charge in [-0.1, -0.05) is 37.3 Å². The highest BCUT2D eigenvalue weighted by Crippen LogP contribution is 2.00. The molecular formula is C14H19NO4. The van der Waals surface area contributed by atoms with E-state index in [1.54, 1.807) is 6.92 Å². The normalized spacial score (nSPS) is 11.7. The van der Waals surface area contributed by atoms with E-state index in [1.807, 2.05) is 30.3 Å². The number of hydrogen-bond donors (Lipinski definition) is 2. The smallest absolute Gasteiger partial charge is 0.407 e. The minimum Gasteiger partial charge on any atom is -0.445 e. The van der Waals surface area contributed by atoms with Gasteiger partial charge in [0.05, 0.1) is 6.10 Å². The molecule has 0 spiro atoms. The number of alkyl carbamates (subject to hydrolysis) is 1. The van der Waals surface area contributed by atoms with Crippen molar-refractivity contribution in [1.82, 2.24) is 5.32 Å². The molecule has 0 unspecified atom stereocenters. The third-order valence-corrected chi connectivity index (χ3v) is 2.55. The maximum Gasteiger partial charge on any atom is 0.407 e. The molecule has 5 heteroatoms.